The summed E-state index contributed by atoms with van der Waals surface area (Å²) in [6.07, 6.45) is 6.34. The van der Waals surface area contributed by atoms with E-state index in [-0.39, 0.29) is 5.91 Å². The minimum atomic E-state index is 0.0349. The second-order valence-electron chi connectivity index (χ2n) is 8.23. The third-order valence-electron chi connectivity index (χ3n) is 6.18. The highest BCUT2D eigenvalue weighted by atomic mass is 16.5. The molecular weight excluding hydrogens is 394 g/mol. The first kappa shape index (κ1) is 21.3. The first-order valence-electron chi connectivity index (χ1n) is 11.0. The number of rotatable bonds is 7. The number of carbonyl (C=O) groups is 1. The maximum Gasteiger partial charge on any atom is 0.242 e. The van der Waals surface area contributed by atoms with Gasteiger partial charge in [0.05, 0.1) is 12.5 Å². The molecule has 0 unspecified atom stereocenters. The summed E-state index contributed by atoms with van der Waals surface area (Å²) in [7, 11) is 3.47. The summed E-state index contributed by atoms with van der Waals surface area (Å²) in [4.78, 5) is 17.2. The van der Waals surface area contributed by atoms with Crippen LogP contribution in [0.4, 0.5) is 0 Å². The van der Waals surface area contributed by atoms with Crippen LogP contribution < -0.4 is 10.1 Å². The Bertz CT molecular complexity index is 1100. The normalized spacial score (nSPS) is 13.8. The van der Waals surface area contributed by atoms with Crippen molar-refractivity contribution in [1.29, 1.82) is 0 Å². The van der Waals surface area contributed by atoms with E-state index < -0.39 is 0 Å². The molecule has 0 fully saturated rings. The van der Waals surface area contributed by atoms with Crippen molar-refractivity contribution < 1.29 is 9.53 Å². The van der Waals surface area contributed by atoms with E-state index in [0.717, 1.165) is 52.5 Å². The number of carbonyl (C=O) groups excluding carboxylic acids is 1. The van der Waals surface area contributed by atoms with Gasteiger partial charge in [-0.05, 0) is 44.2 Å². The minimum Gasteiger partial charge on any atom is -0.479 e. The number of methoxy groups -OCH3 is 1. The first-order valence-corrected chi connectivity index (χ1v) is 11.0. The molecule has 0 spiro atoms. The summed E-state index contributed by atoms with van der Waals surface area (Å²) in [5, 5.41) is 17.0. The molecule has 1 aliphatic heterocycles. The SMILES string of the molecule is COc1nn(C)c2nc(C)c(CCC(=O)NCCc3nnc4n3CCCCC4)c(C)c12. The standard InChI is InChI=1S/C22H31N7O2/c1-14-16(15(2)24-21-20(14)22(31-4)27-28(21)3)9-10-19(30)23-12-11-18-26-25-17-8-6-5-7-13-29(17)18/h5-13H2,1-4H3,(H,23,30). The Labute approximate surface area is 182 Å². The number of hydrogen-bond acceptors (Lipinski definition) is 6. The zero-order chi connectivity index (χ0) is 22.0. The van der Waals surface area contributed by atoms with Crippen molar-refractivity contribution in [3.63, 3.8) is 0 Å². The van der Waals surface area contributed by atoms with E-state index in [1.165, 1.54) is 19.3 Å². The topological polar surface area (TPSA) is 99.8 Å². The van der Waals surface area contributed by atoms with E-state index in [0.29, 0.717) is 31.7 Å². The van der Waals surface area contributed by atoms with E-state index in [9.17, 15) is 4.79 Å². The van der Waals surface area contributed by atoms with Gasteiger partial charge in [-0.15, -0.1) is 15.3 Å². The molecule has 4 heterocycles. The van der Waals surface area contributed by atoms with Crippen LogP contribution in [-0.2, 0) is 37.6 Å². The predicted molar refractivity (Wildman–Crippen MR) is 117 cm³/mol. The summed E-state index contributed by atoms with van der Waals surface area (Å²) >= 11 is 0. The Kier molecular flexibility index (Phi) is 6.20. The fourth-order valence-corrected chi connectivity index (χ4v) is 4.48. The number of ether oxygens (including phenoxy) is 1. The summed E-state index contributed by atoms with van der Waals surface area (Å²) in [5.41, 5.74) is 3.88. The van der Waals surface area contributed by atoms with Gasteiger partial charge in [-0.3, -0.25) is 4.79 Å². The van der Waals surface area contributed by atoms with Gasteiger partial charge in [0.15, 0.2) is 5.65 Å². The summed E-state index contributed by atoms with van der Waals surface area (Å²) in [6, 6.07) is 0. The van der Waals surface area contributed by atoms with E-state index in [1.54, 1.807) is 11.8 Å². The Balaban J connectivity index is 1.36. The van der Waals surface area contributed by atoms with E-state index in [4.69, 9.17) is 9.72 Å². The smallest absolute Gasteiger partial charge is 0.242 e. The van der Waals surface area contributed by atoms with Crippen molar-refractivity contribution in [2.75, 3.05) is 13.7 Å². The lowest BCUT2D eigenvalue weighted by molar-refractivity contribution is -0.121. The molecule has 3 aromatic rings. The Morgan fingerprint density at radius 1 is 1.16 bits per heavy atom. The van der Waals surface area contributed by atoms with Gasteiger partial charge in [0.25, 0.3) is 0 Å². The van der Waals surface area contributed by atoms with Crippen LogP contribution in [0.2, 0.25) is 0 Å². The highest BCUT2D eigenvalue weighted by molar-refractivity contribution is 5.86. The molecule has 9 heteroatoms. The van der Waals surface area contributed by atoms with Crippen LogP contribution in [0.3, 0.4) is 0 Å². The predicted octanol–water partition coefficient (Wildman–Crippen LogP) is 2.20. The minimum absolute atomic E-state index is 0.0349. The van der Waals surface area contributed by atoms with Crippen molar-refractivity contribution >= 4 is 16.9 Å². The molecule has 4 rings (SSSR count). The fraction of sp³-hybridized carbons (Fsp3) is 0.591. The van der Waals surface area contributed by atoms with Gasteiger partial charge in [0.1, 0.15) is 11.6 Å². The Morgan fingerprint density at radius 2 is 2.00 bits per heavy atom. The van der Waals surface area contributed by atoms with E-state index in [1.807, 2.05) is 20.9 Å². The van der Waals surface area contributed by atoms with Gasteiger partial charge in [0, 0.05) is 45.1 Å². The summed E-state index contributed by atoms with van der Waals surface area (Å²) < 4.78 is 9.38. The van der Waals surface area contributed by atoms with Crippen LogP contribution in [0.25, 0.3) is 11.0 Å². The molecule has 0 aliphatic carbocycles. The third-order valence-corrected chi connectivity index (χ3v) is 6.18. The lowest BCUT2D eigenvalue weighted by atomic mass is 10.00. The van der Waals surface area contributed by atoms with Gasteiger partial charge >= 0.3 is 0 Å². The largest absolute Gasteiger partial charge is 0.479 e. The van der Waals surface area contributed by atoms with Gasteiger partial charge in [0.2, 0.25) is 11.8 Å². The zero-order valence-corrected chi connectivity index (χ0v) is 18.9. The zero-order valence-electron chi connectivity index (χ0n) is 18.9. The van der Waals surface area contributed by atoms with E-state index >= 15 is 0 Å². The molecule has 0 atom stereocenters. The number of amides is 1. The van der Waals surface area contributed by atoms with Gasteiger partial charge in [-0.25, -0.2) is 9.67 Å². The number of nitrogens with zero attached hydrogens (tertiary/aromatic N) is 6. The Hall–Kier alpha value is -2.97. The van der Waals surface area contributed by atoms with Crippen LogP contribution in [0.15, 0.2) is 0 Å². The second-order valence-corrected chi connectivity index (χ2v) is 8.23. The molecule has 0 bridgehead atoms. The lowest BCUT2D eigenvalue weighted by Crippen LogP contribution is -2.27. The van der Waals surface area contributed by atoms with Crippen molar-refractivity contribution in [1.82, 2.24) is 34.8 Å². The van der Waals surface area contributed by atoms with Gasteiger partial charge in [-0.1, -0.05) is 6.42 Å². The maximum atomic E-state index is 12.5. The molecule has 0 radical (unpaired) electrons. The number of aryl methyl sites for hydroxylation is 4. The highest BCUT2D eigenvalue weighted by Crippen LogP contribution is 2.30. The first-order chi connectivity index (χ1) is 15.0. The van der Waals surface area contributed by atoms with Crippen LogP contribution >= 0.6 is 0 Å². The number of hydrogen-bond donors (Lipinski definition) is 1. The second kappa shape index (κ2) is 9.03. The molecular formula is C22H31N7O2. The van der Waals surface area contributed by atoms with E-state index in [2.05, 4.69) is 25.2 Å². The molecule has 0 saturated heterocycles. The van der Waals surface area contributed by atoms with Crippen LogP contribution in [0.5, 0.6) is 5.88 Å². The van der Waals surface area contributed by atoms with Crippen molar-refractivity contribution in [2.24, 2.45) is 7.05 Å². The van der Waals surface area contributed by atoms with Gasteiger partial charge in [-0.2, -0.15) is 0 Å². The average Bonchev–Trinajstić information content (AvgIpc) is 3.18. The molecule has 1 amide bonds. The van der Waals surface area contributed by atoms with Crippen molar-refractivity contribution in [3.8, 4) is 5.88 Å². The lowest BCUT2D eigenvalue weighted by Gasteiger charge is -2.11. The number of nitrogens with one attached hydrogen (secondary N) is 1. The number of aromatic nitrogens is 6. The highest BCUT2D eigenvalue weighted by Gasteiger charge is 2.19. The van der Waals surface area contributed by atoms with Crippen LogP contribution in [0.1, 0.15) is 54.2 Å². The number of fused-ring (bicyclic) bond motifs is 2. The summed E-state index contributed by atoms with van der Waals surface area (Å²) in [6.45, 7) is 5.59. The van der Waals surface area contributed by atoms with Crippen LogP contribution in [0, 0.1) is 13.8 Å². The molecule has 166 valence electrons. The Morgan fingerprint density at radius 3 is 2.81 bits per heavy atom. The molecule has 9 nitrogen and oxygen atoms in total. The number of pyridine rings is 1. The fourth-order valence-electron chi connectivity index (χ4n) is 4.48. The monoisotopic (exact) mass is 425 g/mol. The average molecular weight is 426 g/mol. The molecule has 0 saturated carbocycles. The molecule has 31 heavy (non-hydrogen) atoms. The van der Waals surface area contributed by atoms with Gasteiger partial charge < -0.3 is 14.6 Å². The molecule has 1 aliphatic rings. The molecule has 1 N–H and O–H groups in total. The van der Waals surface area contributed by atoms with Crippen molar-refractivity contribution in [2.45, 2.75) is 65.3 Å². The van der Waals surface area contributed by atoms with Crippen LogP contribution in [-0.4, -0.2) is 49.1 Å². The summed E-state index contributed by atoms with van der Waals surface area (Å²) in [5.74, 6) is 2.66. The third kappa shape index (κ3) is 4.26. The van der Waals surface area contributed by atoms with Crippen molar-refractivity contribution in [3.05, 3.63) is 28.5 Å². The quantitative estimate of drug-likeness (QED) is 0.623. The molecule has 0 aromatic carbocycles. The maximum absolute atomic E-state index is 12.5. The molecule has 3 aromatic heterocycles.